The third kappa shape index (κ3) is 4.17. The lowest BCUT2D eigenvalue weighted by Crippen LogP contribution is -2.21. The van der Waals surface area contributed by atoms with E-state index < -0.39 is 21.9 Å². The Balaban J connectivity index is 1.73. The van der Waals surface area contributed by atoms with Crippen LogP contribution < -0.4 is 10.9 Å². The lowest BCUT2D eigenvalue weighted by atomic mass is 10.1. The van der Waals surface area contributed by atoms with E-state index in [1.54, 1.807) is 10.6 Å². The maximum atomic E-state index is 13.0. The molecular formula is C23H17Cl2N3O4. The molecule has 0 unspecified atom stereocenters. The zero-order valence-electron chi connectivity index (χ0n) is 16.9. The monoisotopic (exact) mass is 469 g/mol. The topological polar surface area (TPSA) is 101 Å². The van der Waals surface area contributed by atoms with Gasteiger partial charge >= 0.3 is 5.97 Å². The van der Waals surface area contributed by atoms with E-state index in [2.05, 4.69) is 16.4 Å². The second-order valence-electron chi connectivity index (χ2n) is 7.35. The van der Waals surface area contributed by atoms with Crippen LogP contribution in [-0.2, 0) is 16.1 Å². The Labute approximate surface area is 192 Å². The first-order chi connectivity index (χ1) is 15.2. The first-order valence-electron chi connectivity index (χ1n) is 9.66. The fraction of sp³-hybridized carbons (Fsp3) is 0.130. The van der Waals surface area contributed by atoms with E-state index in [0.29, 0.717) is 35.4 Å². The summed E-state index contributed by atoms with van der Waals surface area (Å²) in [4.78, 5) is 40.7. The Hall–Kier alpha value is -3.42. The average molecular weight is 470 g/mol. The van der Waals surface area contributed by atoms with Gasteiger partial charge in [-0.1, -0.05) is 53.0 Å². The Morgan fingerprint density at radius 2 is 1.94 bits per heavy atom. The number of halogens is 2. The molecule has 32 heavy (non-hydrogen) atoms. The van der Waals surface area contributed by atoms with Crippen molar-refractivity contribution in [2.24, 2.45) is 0 Å². The molecule has 9 heteroatoms. The number of hydrogen-bond acceptors (Lipinski definition) is 4. The molecule has 0 bridgehead atoms. The molecule has 1 aliphatic rings. The Bertz CT molecular complexity index is 1410. The quantitative estimate of drug-likeness (QED) is 0.552. The SMILES string of the molecule is Cc1cccc(C=C2CCn3c2nc2cc(NC(=O)/C(Cl)=C(/Cl)C(=O)O)ccc2c3=O)c1. The molecule has 3 aromatic rings. The van der Waals surface area contributed by atoms with Crippen LogP contribution in [0.2, 0.25) is 0 Å². The summed E-state index contributed by atoms with van der Waals surface area (Å²) < 4.78 is 1.65. The molecule has 1 aromatic heterocycles. The predicted octanol–water partition coefficient (Wildman–Crippen LogP) is 4.36. The number of aromatic nitrogens is 2. The first kappa shape index (κ1) is 21.8. The summed E-state index contributed by atoms with van der Waals surface area (Å²) in [5, 5.41) is 10.3. The van der Waals surface area contributed by atoms with Gasteiger partial charge in [0.15, 0.2) is 0 Å². The van der Waals surface area contributed by atoms with Gasteiger partial charge in [-0.15, -0.1) is 0 Å². The smallest absolute Gasteiger partial charge is 0.349 e. The number of nitrogens with one attached hydrogen (secondary N) is 1. The van der Waals surface area contributed by atoms with Crippen molar-refractivity contribution in [2.75, 3.05) is 5.32 Å². The molecule has 0 saturated carbocycles. The molecule has 1 amide bonds. The van der Waals surface area contributed by atoms with E-state index in [0.717, 1.165) is 16.7 Å². The number of nitrogens with zero attached hydrogens (tertiary/aromatic N) is 2. The number of benzene rings is 2. The van der Waals surface area contributed by atoms with Crippen LogP contribution >= 0.6 is 23.2 Å². The number of carbonyl (C=O) groups excluding carboxylic acids is 1. The predicted molar refractivity (Wildman–Crippen MR) is 125 cm³/mol. The highest BCUT2D eigenvalue weighted by molar-refractivity contribution is 6.54. The number of carboxylic acids is 1. The van der Waals surface area contributed by atoms with Gasteiger partial charge in [0, 0.05) is 12.2 Å². The number of aryl methyl sites for hydroxylation is 1. The summed E-state index contributed by atoms with van der Waals surface area (Å²) in [5.74, 6) is -1.81. The number of hydrogen-bond donors (Lipinski definition) is 2. The van der Waals surface area contributed by atoms with E-state index in [1.807, 2.05) is 31.2 Å². The van der Waals surface area contributed by atoms with E-state index in [4.69, 9.17) is 28.3 Å². The van der Waals surface area contributed by atoms with Crippen molar-refractivity contribution in [3.8, 4) is 0 Å². The highest BCUT2D eigenvalue weighted by Crippen LogP contribution is 2.28. The number of aliphatic carboxylic acids is 1. The maximum Gasteiger partial charge on any atom is 0.349 e. The number of fused-ring (bicyclic) bond motifs is 2. The number of rotatable bonds is 4. The number of carbonyl (C=O) groups is 2. The Morgan fingerprint density at radius 1 is 1.16 bits per heavy atom. The van der Waals surface area contributed by atoms with Gasteiger partial charge in [0.1, 0.15) is 15.9 Å². The second kappa shape index (κ2) is 8.61. The Kier molecular flexibility index (Phi) is 5.86. The van der Waals surface area contributed by atoms with Crippen LogP contribution in [0.1, 0.15) is 23.4 Å². The summed E-state index contributed by atoms with van der Waals surface area (Å²) in [7, 11) is 0. The third-order valence-electron chi connectivity index (χ3n) is 5.07. The van der Waals surface area contributed by atoms with Crippen LogP contribution in [0.3, 0.4) is 0 Å². The molecule has 1 aliphatic heterocycles. The zero-order valence-corrected chi connectivity index (χ0v) is 18.4. The minimum Gasteiger partial charge on any atom is -0.477 e. The minimum atomic E-state index is -1.51. The van der Waals surface area contributed by atoms with Crippen molar-refractivity contribution in [1.82, 2.24) is 9.55 Å². The number of allylic oxidation sites excluding steroid dienone is 1. The van der Waals surface area contributed by atoms with Crippen molar-refractivity contribution in [3.63, 3.8) is 0 Å². The van der Waals surface area contributed by atoms with E-state index in [1.165, 1.54) is 12.1 Å². The molecule has 2 aromatic carbocycles. The standard InChI is InChI=1S/C23H17Cl2N3O4/c1-12-3-2-4-13(9-12)10-14-7-8-28-20(14)27-17-11-15(5-6-16(17)22(28)30)26-21(29)18(24)19(25)23(31)32/h2-6,9-11H,7-8H2,1H3,(H,26,29)(H,31,32)/b14-10?,19-18-. The molecule has 0 spiro atoms. The normalized spacial score (nSPS) is 14.9. The molecule has 7 nitrogen and oxygen atoms in total. The third-order valence-corrected chi connectivity index (χ3v) is 5.88. The van der Waals surface area contributed by atoms with Crippen molar-refractivity contribution < 1.29 is 14.7 Å². The molecule has 162 valence electrons. The van der Waals surface area contributed by atoms with Crippen molar-refractivity contribution in [2.45, 2.75) is 19.9 Å². The molecule has 0 fully saturated rings. The van der Waals surface area contributed by atoms with Crippen molar-refractivity contribution in [1.29, 1.82) is 0 Å². The van der Waals surface area contributed by atoms with Gasteiger partial charge in [-0.25, -0.2) is 9.78 Å². The summed E-state index contributed by atoms with van der Waals surface area (Å²) in [6.45, 7) is 2.56. The van der Waals surface area contributed by atoms with Gasteiger partial charge in [-0.3, -0.25) is 14.2 Å². The summed E-state index contributed by atoms with van der Waals surface area (Å²) in [6, 6.07) is 12.7. The fourth-order valence-electron chi connectivity index (χ4n) is 3.57. The molecular weight excluding hydrogens is 453 g/mol. The van der Waals surface area contributed by atoms with Gasteiger partial charge in [-0.2, -0.15) is 0 Å². The second-order valence-corrected chi connectivity index (χ2v) is 8.10. The van der Waals surface area contributed by atoms with Gasteiger partial charge in [0.2, 0.25) is 0 Å². The molecule has 0 atom stereocenters. The Morgan fingerprint density at radius 3 is 2.66 bits per heavy atom. The van der Waals surface area contributed by atoms with Gasteiger partial charge < -0.3 is 10.4 Å². The highest BCUT2D eigenvalue weighted by atomic mass is 35.5. The largest absolute Gasteiger partial charge is 0.477 e. The van der Waals surface area contributed by atoms with Crippen LogP contribution in [0.15, 0.2) is 57.3 Å². The van der Waals surface area contributed by atoms with Crippen molar-refractivity contribution >= 4 is 63.3 Å². The van der Waals surface area contributed by atoms with Crippen LogP contribution in [0.5, 0.6) is 0 Å². The van der Waals surface area contributed by atoms with Gasteiger partial charge in [0.05, 0.1) is 10.9 Å². The van der Waals surface area contributed by atoms with Gasteiger partial charge in [0.25, 0.3) is 11.5 Å². The van der Waals surface area contributed by atoms with Crippen LogP contribution in [0, 0.1) is 6.92 Å². The minimum absolute atomic E-state index is 0.164. The summed E-state index contributed by atoms with van der Waals surface area (Å²) in [5.41, 5.74) is 3.65. The molecule has 2 N–H and O–H groups in total. The van der Waals surface area contributed by atoms with Crippen LogP contribution in [0.25, 0.3) is 22.6 Å². The molecule has 0 saturated heterocycles. The summed E-state index contributed by atoms with van der Waals surface area (Å²) >= 11 is 11.3. The lowest BCUT2D eigenvalue weighted by Gasteiger charge is -2.09. The number of anilines is 1. The molecule has 0 radical (unpaired) electrons. The first-order valence-corrected chi connectivity index (χ1v) is 10.4. The average Bonchev–Trinajstić information content (AvgIpc) is 3.15. The van der Waals surface area contributed by atoms with Crippen LogP contribution in [-0.4, -0.2) is 26.5 Å². The lowest BCUT2D eigenvalue weighted by molar-refractivity contribution is -0.132. The maximum absolute atomic E-state index is 13.0. The summed E-state index contributed by atoms with van der Waals surface area (Å²) in [6.07, 6.45) is 2.71. The number of carboxylic acid groups (broad SMARTS) is 1. The van der Waals surface area contributed by atoms with E-state index >= 15 is 0 Å². The molecule has 2 heterocycles. The van der Waals surface area contributed by atoms with Crippen LogP contribution in [0.4, 0.5) is 5.69 Å². The number of amides is 1. The van der Waals surface area contributed by atoms with Crippen molar-refractivity contribution in [3.05, 3.63) is 79.8 Å². The molecule has 4 rings (SSSR count). The molecule has 0 aliphatic carbocycles. The fourth-order valence-corrected chi connectivity index (χ4v) is 3.79. The van der Waals surface area contributed by atoms with E-state index in [9.17, 15) is 14.4 Å². The van der Waals surface area contributed by atoms with E-state index in [-0.39, 0.29) is 5.56 Å². The zero-order chi connectivity index (χ0) is 23.0. The van der Waals surface area contributed by atoms with Gasteiger partial charge in [-0.05, 0) is 48.8 Å². The highest BCUT2D eigenvalue weighted by Gasteiger charge is 2.22.